The molecular weight excluding hydrogens is 710 g/mol. The van der Waals surface area contributed by atoms with Crippen molar-refractivity contribution < 1.29 is 34.3 Å². The highest BCUT2D eigenvalue weighted by Gasteiger charge is 2.47. The van der Waals surface area contributed by atoms with E-state index in [1.54, 1.807) is 35.4 Å². The predicted molar refractivity (Wildman–Crippen MR) is 209 cm³/mol. The molecule has 0 unspecified atom stereocenters. The Bertz CT molecular complexity index is 2150. The Morgan fingerprint density at radius 2 is 1.69 bits per heavy atom. The molecule has 12 nitrogen and oxygen atoms in total. The highest BCUT2D eigenvalue weighted by Crippen LogP contribution is 2.44. The number of aromatic amines is 1. The second-order valence-corrected chi connectivity index (χ2v) is 14.0. The molecule has 14 heteroatoms. The van der Waals surface area contributed by atoms with Gasteiger partial charge in [-0.3, -0.25) is 28.9 Å². The molecule has 0 spiro atoms. The molecule has 1 atom stereocenters. The Morgan fingerprint density at radius 1 is 0.945 bits per heavy atom. The quantitative estimate of drug-likeness (QED) is 0.0830. The van der Waals surface area contributed by atoms with E-state index in [1.165, 1.54) is 12.1 Å². The molecule has 0 saturated carbocycles. The molecule has 2 amide bonds. The van der Waals surface area contributed by atoms with E-state index in [-0.39, 0.29) is 38.7 Å². The second kappa shape index (κ2) is 17.6. The number of carboxylic acid groups (broad SMARTS) is 1. The van der Waals surface area contributed by atoms with Crippen molar-refractivity contribution in [1.82, 2.24) is 20.2 Å². The number of nitrogens with one attached hydrogen (secondary N) is 3. The number of anilines is 2. The molecule has 3 aliphatic heterocycles. The molecule has 0 radical (unpaired) electrons. The topological polar surface area (TPSA) is 171 Å². The lowest BCUT2D eigenvalue weighted by Crippen LogP contribution is -2.62. The Hall–Kier alpha value is -5.70. The summed E-state index contributed by atoms with van der Waals surface area (Å²) in [5.74, 6) is -0.200. The zero-order valence-corrected chi connectivity index (χ0v) is 30.2. The maximum atomic E-state index is 13.0. The summed E-state index contributed by atoms with van der Waals surface area (Å²) in [5.41, 5.74) is 4.95. The lowest BCUT2D eigenvalue weighted by molar-refractivity contribution is -0.116. The molecule has 3 saturated heterocycles. The summed E-state index contributed by atoms with van der Waals surface area (Å²) in [6.45, 7) is 3.31. The van der Waals surface area contributed by atoms with E-state index in [9.17, 15) is 29.7 Å². The van der Waals surface area contributed by atoms with E-state index < -0.39 is 17.7 Å². The van der Waals surface area contributed by atoms with Gasteiger partial charge in [-0.1, -0.05) is 48.5 Å². The van der Waals surface area contributed by atoms with E-state index in [4.69, 9.17) is 0 Å². The Morgan fingerprint density at radius 3 is 2.38 bits per heavy atom. The van der Waals surface area contributed by atoms with Crippen LogP contribution < -0.4 is 21.1 Å². The predicted octanol–water partition coefficient (Wildman–Crippen LogP) is 6.11. The monoisotopic (exact) mass is 756 g/mol. The van der Waals surface area contributed by atoms with Gasteiger partial charge in [0.05, 0.1) is 40.4 Å². The number of pyridine rings is 2. The number of halogens is 2. The minimum absolute atomic E-state index is 0. The van der Waals surface area contributed by atoms with Gasteiger partial charge in [-0.05, 0) is 79.1 Å². The SMILES string of the molecule is F.F.O=C(CCCc1ccc(-c2ccccc2)c(N(C(=O)O)C23CCN(CC2)CC3)c1)Nc1ccc(CNC[C@@H](O)c2ccc(O)c3[nH]c(=O)ccc23)nc1. The first-order chi connectivity index (χ1) is 25.7. The molecule has 290 valence electrons. The number of amides is 2. The standard InChI is InChI=1S/C41H44N6O6.2FH/c48-35-15-13-32(33-14-16-38(51)45-39(33)35)36(49)26-42-24-29-10-11-30(25-43-29)44-37(50)8-4-5-27-9-12-31(28-6-2-1-3-7-28)34(23-27)47(40(52)53)41-17-20-46(21-18-41)22-19-41;;/h1-3,6-7,9-16,23,25,36,42,48-49H,4-5,8,17-22,24,26H2,(H,44,50)(H,45,51)(H,52,53);2*1H/t36-;;/m1../s1. The van der Waals surface area contributed by atoms with Crippen LogP contribution in [0.1, 0.15) is 55.0 Å². The first-order valence-electron chi connectivity index (χ1n) is 18.1. The van der Waals surface area contributed by atoms with Crippen molar-refractivity contribution in [2.75, 3.05) is 36.4 Å². The molecule has 8 rings (SSSR count). The molecule has 3 aromatic carbocycles. The average Bonchev–Trinajstić information content (AvgIpc) is 3.17. The number of benzene rings is 3. The molecular formula is C41H46F2N6O6. The van der Waals surface area contributed by atoms with Gasteiger partial charge in [0.2, 0.25) is 11.5 Å². The van der Waals surface area contributed by atoms with E-state index in [0.717, 1.165) is 61.3 Å². The fourth-order valence-corrected chi connectivity index (χ4v) is 7.76. The van der Waals surface area contributed by atoms with E-state index in [1.807, 2.05) is 48.5 Å². The molecule has 6 N–H and O–H groups in total. The van der Waals surface area contributed by atoms with Gasteiger partial charge in [-0.2, -0.15) is 0 Å². The van der Waals surface area contributed by atoms with Crippen molar-refractivity contribution in [2.24, 2.45) is 0 Å². The lowest BCUT2D eigenvalue weighted by Gasteiger charge is -2.53. The number of H-pyrrole nitrogens is 1. The van der Waals surface area contributed by atoms with Gasteiger partial charge in [-0.15, -0.1) is 0 Å². The summed E-state index contributed by atoms with van der Waals surface area (Å²) >= 11 is 0. The number of aliphatic hydroxyl groups is 1. The van der Waals surface area contributed by atoms with Crippen LogP contribution in [-0.4, -0.2) is 73.9 Å². The van der Waals surface area contributed by atoms with Crippen LogP contribution in [0.5, 0.6) is 5.75 Å². The summed E-state index contributed by atoms with van der Waals surface area (Å²) in [6, 6.07) is 25.6. The van der Waals surface area contributed by atoms with Gasteiger partial charge in [-0.25, -0.2) is 4.79 Å². The normalized spacial score (nSPS) is 17.8. The number of phenolic OH excluding ortho intramolecular Hbond substituents is 1. The van der Waals surface area contributed by atoms with Gasteiger partial charge in [0, 0.05) is 56.2 Å². The molecule has 3 aliphatic rings. The van der Waals surface area contributed by atoms with Gasteiger partial charge in [0.15, 0.2) is 0 Å². The lowest BCUT2D eigenvalue weighted by atomic mass is 9.78. The number of aromatic nitrogens is 2. The highest BCUT2D eigenvalue weighted by atomic mass is 19.0. The van der Waals surface area contributed by atoms with Crippen molar-refractivity contribution in [1.29, 1.82) is 0 Å². The maximum Gasteiger partial charge on any atom is 0.412 e. The van der Waals surface area contributed by atoms with Crippen molar-refractivity contribution in [3.8, 4) is 16.9 Å². The molecule has 0 aliphatic carbocycles. The summed E-state index contributed by atoms with van der Waals surface area (Å²) in [6.07, 6.45) is 3.73. The number of aryl methyl sites for hydroxylation is 1. The van der Waals surface area contributed by atoms with E-state index >= 15 is 0 Å². The van der Waals surface area contributed by atoms with Gasteiger partial charge >= 0.3 is 6.09 Å². The fraction of sp³-hybridized carbons (Fsp3) is 0.317. The number of hydrogen-bond donors (Lipinski definition) is 6. The summed E-state index contributed by atoms with van der Waals surface area (Å²) in [7, 11) is 0. The number of nitrogens with zero attached hydrogens (tertiary/aromatic N) is 3. The average molecular weight is 757 g/mol. The third-order valence-corrected chi connectivity index (χ3v) is 10.6. The number of piperidine rings is 3. The number of phenols is 1. The van der Waals surface area contributed by atoms with Crippen LogP contribution >= 0.6 is 0 Å². The van der Waals surface area contributed by atoms with Crippen LogP contribution in [0, 0.1) is 0 Å². The molecule has 5 aromatic rings. The van der Waals surface area contributed by atoms with Gasteiger partial charge < -0.3 is 35.8 Å². The zero-order valence-electron chi connectivity index (χ0n) is 30.2. The Labute approximate surface area is 316 Å². The summed E-state index contributed by atoms with van der Waals surface area (Å²) in [5, 5.41) is 38.2. The number of rotatable bonds is 13. The number of carbonyl (C=O) groups excluding carboxylic acids is 1. The van der Waals surface area contributed by atoms with Crippen LogP contribution in [0.3, 0.4) is 0 Å². The molecule has 55 heavy (non-hydrogen) atoms. The van der Waals surface area contributed by atoms with E-state index in [0.29, 0.717) is 48.1 Å². The summed E-state index contributed by atoms with van der Waals surface area (Å²) < 4.78 is 0. The van der Waals surface area contributed by atoms with Crippen LogP contribution in [0.25, 0.3) is 22.0 Å². The Balaban J connectivity index is 0.00000290. The maximum absolute atomic E-state index is 13.0. The van der Waals surface area contributed by atoms with Crippen LogP contribution in [0.15, 0.2) is 95.9 Å². The first-order valence-corrected chi connectivity index (χ1v) is 18.1. The largest absolute Gasteiger partial charge is 0.506 e. The number of aromatic hydroxyl groups is 1. The molecule has 2 bridgehead atoms. The number of fused-ring (bicyclic) bond motifs is 4. The van der Waals surface area contributed by atoms with Crippen LogP contribution in [0.4, 0.5) is 25.6 Å². The molecule has 3 fully saturated rings. The highest BCUT2D eigenvalue weighted by molar-refractivity contribution is 5.95. The van der Waals surface area contributed by atoms with Gasteiger partial charge in [0.1, 0.15) is 5.75 Å². The van der Waals surface area contributed by atoms with Crippen LogP contribution in [0.2, 0.25) is 0 Å². The second-order valence-electron chi connectivity index (χ2n) is 14.0. The molecule has 2 aromatic heterocycles. The third-order valence-electron chi connectivity index (χ3n) is 10.6. The number of aliphatic hydroxyl groups excluding tert-OH is 1. The zero-order chi connectivity index (χ0) is 37.0. The first kappa shape index (κ1) is 40.5. The van der Waals surface area contributed by atoms with E-state index in [2.05, 4.69) is 25.5 Å². The van der Waals surface area contributed by atoms with Crippen molar-refractivity contribution in [3.05, 3.63) is 118 Å². The minimum atomic E-state index is -0.926. The van der Waals surface area contributed by atoms with Crippen LogP contribution in [-0.2, 0) is 17.8 Å². The molecule has 5 heterocycles. The number of carbonyl (C=O) groups is 2. The Kier molecular flexibility index (Phi) is 13.0. The summed E-state index contributed by atoms with van der Waals surface area (Å²) in [4.78, 5) is 48.7. The smallest absolute Gasteiger partial charge is 0.412 e. The fourth-order valence-electron chi connectivity index (χ4n) is 7.76. The minimum Gasteiger partial charge on any atom is -0.506 e. The van der Waals surface area contributed by atoms with Crippen molar-refractivity contribution >= 4 is 34.3 Å². The van der Waals surface area contributed by atoms with Crippen molar-refractivity contribution in [2.45, 2.75) is 56.7 Å². The van der Waals surface area contributed by atoms with Crippen molar-refractivity contribution in [3.63, 3.8) is 0 Å². The third kappa shape index (κ3) is 8.99. The van der Waals surface area contributed by atoms with Gasteiger partial charge in [0.25, 0.3) is 0 Å². The number of hydrogen-bond acceptors (Lipinski definition) is 8.